The first-order valence-electron chi connectivity index (χ1n) is 6.47. The van der Waals surface area contributed by atoms with Gasteiger partial charge in [-0.05, 0) is 25.7 Å². The van der Waals surface area contributed by atoms with E-state index in [2.05, 4.69) is 20.6 Å². The third-order valence-corrected chi connectivity index (χ3v) is 3.29. The van der Waals surface area contributed by atoms with E-state index in [-0.39, 0.29) is 23.9 Å². The molecule has 0 saturated heterocycles. The Hall–Kier alpha value is -1.57. The summed E-state index contributed by atoms with van der Waals surface area (Å²) in [5.41, 5.74) is -0.977. The van der Waals surface area contributed by atoms with Crippen molar-refractivity contribution < 1.29 is 18.3 Å². The van der Waals surface area contributed by atoms with Crippen molar-refractivity contribution in [2.24, 2.45) is 0 Å². The van der Waals surface area contributed by atoms with Crippen LogP contribution in [-0.4, -0.2) is 34.3 Å². The number of aromatic nitrogens is 2. The maximum atomic E-state index is 12.7. The van der Waals surface area contributed by atoms with Gasteiger partial charge in [-0.25, -0.2) is 4.98 Å². The summed E-state index contributed by atoms with van der Waals surface area (Å²) in [6.45, 7) is 0. The van der Waals surface area contributed by atoms with Crippen molar-refractivity contribution in [1.82, 2.24) is 9.97 Å². The standard InChI is InChI=1S/C12H17F3N4O/c1-16-11-18-9(12(13,14)15)6-10(19-11)17-7-2-4-8(20)5-3-7/h6-8,20H,2-5H2,1H3,(H2,16,17,18,19). The van der Waals surface area contributed by atoms with Crippen LogP contribution in [0.3, 0.4) is 0 Å². The average molecular weight is 290 g/mol. The van der Waals surface area contributed by atoms with Crippen molar-refractivity contribution >= 4 is 11.8 Å². The second-order valence-corrected chi connectivity index (χ2v) is 4.86. The summed E-state index contributed by atoms with van der Waals surface area (Å²) >= 11 is 0. The minimum Gasteiger partial charge on any atom is -0.393 e. The highest BCUT2D eigenvalue weighted by Gasteiger charge is 2.34. The molecule has 1 saturated carbocycles. The number of nitrogens with one attached hydrogen (secondary N) is 2. The first-order valence-corrected chi connectivity index (χ1v) is 6.47. The van der Waals surface area contributed by atoms with Crippen LogP contribution in [0.25, 0.3) is 0 Å². The molecule has 0 aliphatic heterocycles. The number of hydrogen-bond donors (Lipinski definition) is 3. The van der Waals surface area contributed by atoms with Crippen LogP contribution in [0.4, 0.5) is 24.9 Å². The molecule has 0 unspecified atom stereocenters. The van der Waals surface area contributed by atoms with E-state index in [0.29, 0.717) is 25.7 Å². The third-order valence-electron chi connectivity index (χ3n) is 3.29. The van der Waals surface area contributed by atoms with Crippen LogP contribution in [0.1, 0.15) is 31.4 Å². The molecule has 0 bridgehead atoms. The molecule has 112 valence electrons. The number of aliphatic hydroxyl groups is 1. The summed E-state index contributed by atoms with van der Waals surface area (Å²) in [6, 6.07) is 0.936. The SMILES string of the molecule is CNc1nc(NC2CCC(O)CC2)cc(C(F)(F)F)n1. The lowest BCUT2D eigenvalue weighted by molar-refractivity contribution is -0.141. The number of rotatable bonds is 3. The fraction of sp³-hybridized carbons (Fsp3) is 0.667. The van der Waals surface area contributed by atoms with Crippen LogP contribution in [0.15, 0.2) is 6.07 Å². The molecule has 1 fully saturated rings. The zero-order valence-corrected chi connectivity index (χ0v) is 11.0. The number of hydrogen-bond acceptors (Lipinski definition) is 5. The number of anilines is 2. The summed E-state index contributed by atoms with van der Waals surface area (Å²) < 4.78 is 38.2. The smallest absolute Gasteiger partial charge is 0.393 e. The van der Waals surface area contributed by atoms with Crippen molar-refractivity contribution in [2.45, 2.75) is 44.0 Å². The van der Waals surface area contributed by atoms with Crippen molar-refractivity contribution in [3.8, 4) is 0 Å². The van der Waals surface area contributed by atoms with Gasteiger partial charge in [0.1, 0.15) is 5.82 Å². The van der Waals surface area contributed by atoms with Crippen LogP contribution < -0.4 is 10.6 Å². The van der Waals surface area contributed by atoms with Gasteiger partial charge in [-0.2, -0.15) is 18.2 Å². The number of halogens is 3. The molecule has 3 N–H and O–H groups in total. The van der Waals surface area contributed by atoms with Gasteiger partial charge in [-0.1, -0.05) is 0 Å². The van der Waals surface area contributed by atoms with Crippen LogP contribution in [0.2, 0.25) is 0 Å². The number of alkyl halides is 3. The molecule has 1 aliphatic carbocycles. The lowest BCUT2D eigenvalue weighted by Gasteiger charge is -2.26. The lowest BCUT2D eigenvalue weighted by Crippen LogP contribution is -2.29. The molecule has 0 radical (unpaired) electrons. The molecule has 0 aromatic carbocycles. The molecule has 1 aromatic rings. The second kappa shape index (κ2) is 5.82. The Morgan fingerprint density at radius 3 is 2.40 bits per heavy atom. The first kappa shape index (κ1) is 14.8. The van der Waals surface area contributed by atoms with Gasteiger partial charge in [0.05, 0.1) is 6.10 Å². The van der Waals surface area contributed by atoms with Gasteiger partial charge in [0, 0.05) is 19.2 Å². The first-order chi connectivity index (χ1) is 9.38. The third kappa shape index (κ3) is 3.72. The summed E-state index contributed by atoms with van der Waals surface area (Å²) in [4.78, 5) is 7.38. The Morgan fingerprint density at radius 2 is 1.85 bits per heavy atom. The highest BCUT2D eigenvalue weighted by Crippen LogP contribution is 2.30. The van der Waals surface area contributed by atoms with Crippen molar-refractivity contribution in [3.05, 3.63) is 11.8 Å². The molecule has 0 atom stereocenters. The molecule has 5 nitrogen and oxygen atoms in total. The lowest BCUT2D eigenvalue weighted by atomic mass is 9.93. The zero-order valence-electron chi connectivity index (χ0n) is 11.0. The maximum Gasteiger partial charge on any atom is 0.433 e. The largest absolute Gasteiger partial charge is 0.433 e. The van der Waals surface area contributed by atoms with E-state index in [1.165, 1.54) is 7.05 Å². The average Bonchev–Trinajstić information content (AvgIpc) is 2.40. The van der Waals surface area contributed by atoms with E-state index >= 15 is 0 Å². The summed E-state index contributed by atoms with van der Waals surface area (Å²) in [5.74, 6) is 0.0798. The quantitative estimate of drug-likeness (QED) is 0.796. The summed E-state index contributed by atoms with van der Waals surface area (Å²) in [5, 5.41) is 14.9. The molecule has 1 aromatic heterocycles. The van der Waals surface area contributed by atoms with E-state index in [9.17, 15) is 18.3 Å². The zero-order chi connectivity index (χ0) is 14.8. The van der Waals surface area contributed by atoms with Crippen molar-refractivity contribution in [2.75, 3.05) is 17.7 Å². The molecule has 1 aliphatic rings. The van der Waals surface area contributed by atoms with Gasteiger partial charge >= 0.3 is 6.18 Å². The summed E-state index contributed by atoms with van der Waals surface area (Å²) in [7, 11) is 1.47. The molecule has 0 amide bonds. The van der Waals surface area contributed by atoms with Gasteiger partial charge in [-0.15, -0.1) is 0 Å². The topological polar surface area (TPSA) is 70.1 Å². The fourth-order valence-corrected chi connectivity index (χ4v) is 2.21. The molecule has 2 rings (SSSR count). The van der Waals surface area contributed by atoms with E-state index in [1.54, 1.807) is 0 Å². The molecule has 20 heavy (non-hydrogen) atoms. The Labute approximate surface area is 114 Å². The van der Waals surface area contributed by atoms with Gasteiger partial charge in [0.15, 0.2) is 5.69 Å². The van der Waals surface area contributed by atoms with Crippen LogP contribution >= 0.6 is 0 Å². The number of aliphatic hydroxyl groups excluding tert-OH is 1. The van der Waals surface area contributed by atoms with E-state index in [1.807, 2.05) is 0 Å². The van der Waals surface area contributed by atoms with Crippen LogP contribution in [0.5, 0.6) is 0 Å². The maximum absolute atomic E-state index is 12.7. The van der Waals surface area contributed by atoms with Crippen molar-refractivity contribution in [1.29, 1.82) is 0 Å². The monoisotopic (exact) mass is 290 g/mol. The fourth-order valence-electron chi connectivity index (χ4n) is 2.21. The minimum absolute atomic E-state index is 0.0269. The molecule has 1 heterocycles. The second-order valence-electron chi connectivity index (χ2n) is 4.86. The van der Waals surface area contributed by atoms with Gasteiger partial charge in [-0.3, -0.25) is 0 Å². The Balaban J connectivity index is 2.14. The normalized spacial score (nSPS) is 23.4. The van der Waals surface area contributed by atoms with Crippen LogP contribution in [-0.2, 0) is 6.18 Å². The molecular formula is C12H17F3N4O. The molecule has 0 spiro atoms. The van der Waals surface area contributed by atoms with Crippen LogP contribution in [0, 0.1) is 0 Å². The molecule has 8 heteroatoms. The predicted molar refractivity (Wildman–Crippen MR) is 68.5 cm³/mol. The molecular weight excluding hydrogens is 273 g/mol. The highest BCUT2D eigenvalue weighted by atomic mass is 19.4. The predicted octanol–water partition coefficient (Wildman–Crippen LogP) is 2.25. The van der Waals surface area contributed by atoms with Gasteiger partial charge in [0.25, 0.3) is 0 Å². The van der Waals surface area contributed by atoms with E-state index < -0.39 is 11.9 Å². The Morgan fingerprint density at radius 1 is 1.20 bits per heavy atom. The minimum atomic E-state index is -4.51. The highest BCUT2D eigenvalue weighted by molar-refractivity contribution is 5.43. The van der Waals surface area contributed by atoms with E-state index in [4.69, 9.17) is 0 Å². The number of nitrogens with zero attached hydrogens (tertiary/aromatic N) is 2. The van der Waals surface area contributed by atoms with Crippen molar-refractivity contribution in [3.63, 3.8) is 0 Å². The van der Waals surface area contributed by atoms with Gasteiger partial charge in [0.2, 0.25) is 5.95 Å². The van der Waals surface area contributed by atoms with Gasteiger partial charge < -0.3 is 15.7 Å². The van der Waals surface area contributed by atoms with E-state index in [0.717, 1.165) is 6.07 Å². The summed E-state index contributed by atoms with van der Waals surface area (Å²) in [6.07, 6.45) is -2.10. The Bertz CT molecular complexity index is 459. The Kier molecular flexibility index (Phi) is 4.32.